The number of carbonyl (C=O) groups excluding carboxylic acids is 2. The third-order valence-electron chi connectivity index (χ3n) is 5.59. The summed E-state index contributed by atoms with van der Waals surface area (Å²) in [6.07, 6.45) is 5.51. The average molecular weight is 507 g/mol. The molecule has 188 valence electrons. The SMILES string of the molecule is COC[C@H](NC(=O)c1ccn(C(C)(C)C)c1)C(=O)Nc1nc(-c2cccc(-c3ccn(C)n3)c2)cs1. The molecule has 0 fully saturated rings. The molecule has 1 aromatic carbocycles. The van der Waals surface area contributed by atoms with Gasteiger partial charge < -0.3 is 19.9 Å². The molecule has 0 aliphatic heterocycles. The summed E-state index contributed by atoms with van der Waals surface area (Å²) in [4.78, 5) is 30.3. The summed E-state index contributed by atoms with van der Waals surface area (Å²) in [5.41, 5.74) is 3.84. The zero-order valence-corrected chi connectivity index (χ0v) is 21.8. The third-order valence-corrected chi connectivity index (χ3v) is 6.34. The van der Waals surface area contributed by atoms with E-state index in [1.807, 2.05) is 80.5 Å². The molecule has 4 aromatic rings. The van der Waals surface area contributed by atoms with Crippen LogP contribution in [0.25, 0.3) is 22.5 Å². The van der Waals surface area contributed by atoms with E-state index in [0.29, 0.717) is 10.7 Å². The van der Waals surface area contributed by atoms with E-state index in [1.165, 1.54) is 18.4 Å². The second kappa shape index (κ2) is 10.5. The van der Waals surface area contributed by atoms with Gasteiger partial charge in [0.05, 0.1) is 23.6 Å². The number of carbonyl (C=O) groups is 2. The van der Waals surface area contributed by atoms with Crippen molar-refractivity contribution in [2.24, 2.45) is 7.05 Å². The molecule has 10 heteroatoms. The highest BCUT2D eigenvalue weighted by atomic mass is 32.1. The summed E-state index contributed by atoms with van der Waals surface area (Å²) < 4.78 is 8.89. The quantitative estimate of drug-likeness (QED) is 0.374. The Hall–Kier alpha value is -3.76. The van der Waals surface area contributed by atoms with Crippen LogP contribution >= 0.6 is 11.3 Å². The van der Waals surface area contributed by atoms with Gasteiger partial charge in [0.2, 0.25) is 0 Å². The molecule has 0 bridgehead atoms. The Kier molecular flexibility index (Phi) is 7.37. The highest BCUT2D eigenvalue weighted by Gasteiger charge is 2.24. The maximum absolute atomic E-state index is 13.0. The predicted octanol–water partition coefficient (Wildman–Crippen LogP) is 4.15. The number of amides is 2. The normalized spacial score (nSPS) is 12.4. The number of methoxy groups -OCH3 is 1. The van der Waals surface area contributed by atoms with Gasteiger partial charge in [-0.3, -0.25) is 14.3 Å². The first-order chi connectivity index (χ1) is 17.1. The second-order valence-electron chi connectivity index (χ2n) is 9.44. The molecule has 0 aliphatic rings. The van der Waals surface area contributed by atoms with E-state index < -0.39 is 11.9 Å². The summed E-state index contributed by atoms with van der Waals surface area (Å²) >= 11 is 1.32. The van der Waals surface area contributed by atoms with Crippen LogP contribution in [0.1, 0.15) is 31.1 Å². The van der Waals surface area contributed by atoms with E-state index >= 15 is 0 Å². The summed E-state index contributed by atoms with van der Waals surface area (Å²) in [5, 5.41) is 12.3. The molecule has 0 unspecified atom stereocenters. The number of thiazole rings is 1. The first-order valence-electron chi connectivity index (χ1n) is 11.5. The van der Waals surface area contributed by atoms with Crippen LogP contribution in [0.2, 0.25) is 0 Å². The van der Waals surface area contributed by atoms with Crippen LogP contribution in [0.3, 0.4) is 0 Å². The fourth-order valence-corrected chi connectivity index (χ4v) is 4.32. The monoisotopic (exact) mass is 506 g/mol. The minimum Gasteiger partial charge on any atom is -0.382 e. The maximum Gasteiger partial charge on any atom is 0.253 e. The number of rotatable bonds is 8. The van der Waals surface area contributed by atoms with Crippen molar-refractivity contribution in [1.29, 1.82) is 0 Å². The number of hydrogen-bond donors (Lipinski definition) is 2. The van der Waals surface area contributed by atoms with Crippen LogP contribution in [-0.2, 0) is 22.1 Å². The number of aromatic nitrogens is 4. The molecule has 36 heavy (non-hydrogen) atoms. The molecule has 1 atom stereocenters. The molecule has 4 rings (SSSR count). The number of aryl methyl sites for hydroxylation is 1. The molecular formula is C26H30N6O3S. The smallest absolute Gasteiger partial charge is 0.253 e. The molecule has 0 saturated carbocycles. The molecule has 0 saturated heterocycles. The number of benzene rings is 1. The van der Waals surface area contributed by atoms with Crippen LogP contribution in [0.4, 0.5) is 5.13 Å². The molecule has 3 heterocycles. The lowest BCUT2D eigenvalue weighted by atomic mass is 10.1. The summed E-state index contributed by atoms with van der Waals surface area (Å²) in [5.74, 6) is -0.745. The minimum atomic E-state index is -0.875. The van der Waals surface area contributed by atoms with Crippen molar-refractivity contribution in [2.45, 2.75) is 32.4 Å². The predicted molar refractivity (Wildman–Crippen MR) is 141 cm³/mol. The molecular weight excluding hydrogens is 476 g/mol. The zero-order valence-electron chi connectivity index (χ0n) is 21.0. The first kappa shape index (κ1) is 25.3. The van der Waals surface area contributed by atoms with E-state index in [0.717, 1.165) is 22.5 Å². The van der Waals surface area contributed by atoms with Crippen molar-refractivity contribution >= 4 is 28.3 Å². The lowest BCUT2D eigenvalue weighted by Crippen LogP contribution is -2.46. The van der Waals surface area contributed by atoms with Crippen molar-refractivity contribution in [3.05, 3.63) is 65.9 Å². The van der Waals surface area contributed by atoms with Crippen molar-refractivity contribution in [2.75, 3.05) is 19.0 Å². The molecule has 2 amide bonds. The summed E-state index contributed by atoms with van der Waals surface area (Å²) in [6.45, 7) is 6.18. The molecule has 2 N–H and O–H groups in total. The van der Waals surface area contributed by atoms with Crippen LogP contribution in [0, 0.1) is 0 Å². The molecule has 0 radical (unpaired) electrons. The highest BCUT2D eigenvalue weighted by molar-refractivity contribution is 7.14. The van der Waals surface area contributed by atoms with Gasteiger partial charge in [0, 0.05) is 54.8 Å². The van der Waals surface area contributed by atoms with Crippen LogP contribution < -0.4 is 10.6 Å². The lowest BCUT2D eigenvalue weighted by molar-refractivity contribution is -0.119. The largest absolute Gasteiger partial charge is 0.382 e. The number of nitrogens with one attached hydrogen (secondary N) is 2. The molecule has 0 aliphatic carbocycles. The fourth-order valence-electron chi connectivity index (χ4n) is 3.60. The van der Waals surface area contributed by atoms with E-state index in [1.54, 1.807) is 16.9 Å². The standard InChI is InChI=1S/C26H30N6O3S/c1-26(2,3)32-12-9-19(14-32)23(33)27-21(15-35-5)24(34)29-25-28-22(16-36-25)18-8-6-7-17(13-18)20-10-11-31(4)30-20/h6-14,16,21H,15H2,1-5H3,(H,27,33)(H,28,29,34)/t21-/m0/s1. The molecule has 9 nitrogen and oxygen atoms in total. The first-order valence-corrected chi connectivity index (χ1v) is 12.4. The van der Waals surface area contributed by atoms with E-state index in [9.17, 15) is 9.59 Å². The third kappa shape index (κ3) is 5.89. The number of hydrogen-bond acceptors (Lipinski definition) is 6. The highest BCUT2D eigenvalue weighted by Crippen LogP contribution is 2.28. The van der Waals surface area contributed by atoms with Gasteiger partial charge >= 0.3 is 0 Å². The summed E-state index contributed by atoms with van der Waals surface area (Å²) in [7, 11) is 3.36. The Morgan fingerprint density at radius 1 is 1.11 bits per heavy atom. The second-order valence-corrected chi connectivity index (χ2v) is 10.3. The van der Waals surface area contributed by atoms with Crippen molar-refractivity contribution in [3.63, 3.8) is 0 Å². The Morgan fingerprint density at radius 2 is 1.86 bits per heavy atom. The van der Waals surface area contributed by atoms with Crippen molar-refractivity contribution in [1.82, 2.24) is 24.6 Å². The van der Waals surface area contributed by atoms with Gasteiger partial charge in [0.1, 0.15) is 6.04 Å². The van der Waals surface area contributed by atoms with E-state index in [4.69, 9.17) is 4.74 Å². The maximum atomic E-state index is 13.0. The number of anilines is 1. The average Bonchev–Trinajstić information content (AvgIpc) is 3.59. The van der Waals surface area contributed by atoms with Gasteiger partial charge in [-0.05, 0) is 39.0 Å². The Labute approximate surface area is 214 Å². The lowest BCUT2D eigenvalue weighted by Gasteiger charge is -2.21. The Morgan fingerprint density at radius 3 is 2.50 bits per heavy atom. The van der Waals surface area contributed by atoms with Crippen LogP contribution in [0.5, 0.6) is 0 Å². The van der Waals surface area contributed by atoms with Gasteiger partial charge in [0.25, 0.3) is 11.8 Å². The van der Waals surface area contributed by atoms with Crippen LogP contribution in [0.15, 0.2) is 60.4 Å². The van der Waals surface area contributed by atoms with Crippen molar-refractivity contribution < 1.29 is 14.3 Å². The molecule has 0 spiro atoms. The molecule has 3 aromatic heterocycles. The van der Waals surface area contributed by atoms with E-state index in [-0.39, 0.29) is 18.1 Å². The number of ether oxygens (including phenoxy) is 1. The number of nitrogens with zero attached hydrogens (tertiary/aromatic N) is 4. The Balaban J connectivity index is 1.44. The zero-order chi connectivity index (χ0) is 25.9. The van der Waals surface area contributed by atoms with Gasteiger partial charge in [-0.15, -0.1) is 11.3 Å². The van der Waals surface area contributed by atoms with Crippen LogP contribution in [-0.4, -0.2) is 50.9 Å². The van der Waals surface area contributed by atoms with Gasteiger partial charge in [-0.25, -0.2) is 4.98 Å². The Bertz CT molecular complexity index is 1360. The van der Waals surface area contributed by atoms with Crippen molar-refractivity contribution in [3.8, 4) is 22.5 Å². The van der Waals surface area contributed by atoms with Gasteiger partial charge in [-0.2, -0.15) is 5.10 Å². The van der Waals surface area contributed by atoms with Gasteiger partial charge in [-0.1, -0.05) is 18.2 Å². The summed E-state index contributed by atoms with van der Waals surface area (Å²) in [6, 6.07) is 10.7. The topological polar surface area (TPSA) is 103 Å². The fraction of sp³-hybridized carbons (Fsp3) is 0.308. The van der Waals surface area contributed by atoms with E-state index in [2.05, 4.69) is 20.7 Å². The minimum absolute atomic E-state index is 0.0297. The van der Waals surface area contributed by atoms with Gasteiger partial charge in [0.15, 0.2) is 5.13 Å².